The lowest BCUT2D eigenvalue weighted by Crippen LogP contribution is -2.36. The maximum Gasteiger partial charge on any atom is 0.0350 e. The molecule has 0 aromatic carbocycles. The summed E-state index contributed by atoms with van der Waals surface area (Å²) in [5, 5.41) is 0. The summed E-state index contributed by atoms with van der Waals surface area (Å²) in [6, 6.07) is 0.352. The summed E-state index contributed by atoms with van der Waals surface area (Å²) in [6.45, 7) is 2.22. The Labute approximate surface area is 68.5 Å². The maximum atomic E-state index is 5.37. The van der Waals surface area contributed by atoms with Crippen LogP contribution in [0.1, 0.15) is 26.2 Å². The van der Waals surface area contributed by atoms with E-state index < -0.39 is 0 Å². The Morgan fingerprint density at radius 2 is 2.55 bits per heavy atom. The van der Waals surface area contributed by atoms with Crippen molar-refractivity contribution in [3.8, 4) is 12.3 Å². The summed E-state index contributed by atoms with van der Waals surface area (Å²) < 4.78 is 0. The first-order chi connectivity index (χ1) is 5.33. The van der Waals surface area contributed by atoms with E-state index in [9.17, 15) is 0 Å². The standard InChI is InChI=1S/C9H16N2/c1-3-5-9(11-10)8-6-7(8)4-2/h1,7-9,11H,4-6,10H2,2H3/t7-,8-,9?/m1/s1. The van der Waals surface area contributed by atoms with Gasteiger partial charge in [-0.2, -0.15) is 0 Å². The van der Waals surface area contributed by atoms with Crippen LogP contribution in [0.3, 0.4) is 0 Å². The van der Waals surface area contributed by atoms with Crippen molar-refractivity contribution in [2.45, 2.75) is 32.2 Å². The third kappa shape index (κ3) is 1.95. The monoisotopic (exact) mass is 152 g/mol. The second-order valence-corrected chi connectivity index (χ2v) is 3.25. The average Bonchev–Trinajstić information content (AvgIpc) is 2.79. The zero-order chi connectivity index (χ0) is 8.27. The van der Waals surface area contributed by atoms with Gasteiger partial charge in [0.25, 0.3) is 0 Å². The average molecular weight is 152 g/mol. The number of nitrogens with one attached hydrogen (secondary N) is 1. The number of terminal acetylenes is 1. The van der Waals surface area contributed by atoms with Crippen molar-refractivity contribution >= 4 is 0 Å². The molecule has 3 N–H and O–H groups in total. The van der Waals surface area contributed by atoms with Crippen molar-refractivity contribution in [2.24, 2.45) is 17.7 Å². The predicted octanol–water partition coefficient (Wildman–Crippen LogP) is 0.888. The molecule has 0 aromatic heterocycles. The summed E-state index contributed by atoms with van der Waals surface area (Å²) in [5.74, 6) is 9.62. The van der Waals surface area contributed by atoms with Crippen LogP contribution >= 0.6 is 0 Å². The van der Waals surface area contributed by atoms with Gasteiger partial charge in [-0.1, -0.05) is 13.3 Å². The number of hydrogen-bond donors (Lipinski definition) is 2. The molecule has 11 heavy (non-hydrogen) atoms. The molecule has 0 radical (unpaired) electrons. The van der Waals surface area contributed by atoms with E-state index in [0.29, 0.717) is 6.04 Å². The minimum atomic E-state index is 0.352. The van der Waals surface area contributed by atoms with E-state index in [1.165, 1.54) is 12.8 Å². The molecule has 2 nitrogen and oxygen atoms in total. The molecule has 1 aliphatic carbocycles. The molecule has 0 aliphatic heterocycles. The van der Waals surface area contributed by atoms with Crippen LogP contribution in [-0.2, 0) is 0 Å². The Hall–Kier alpha value is -0.520. The molecule has 0 bridgehead atoms. The second kappa shape index (κ2) is 3.75. The molecule has 1 saturated carbocycles. The lowest BCUT2D eigenvalue weighted by molar-refractivity contribution is 0.456. The molecule has 1 unspecified atom stereocenters. The number of rotatable bonds is 4. The van der Waals surface area contributed by atoms with Crippen molar-refractivity contribution in [1.82, 2.24) is 5.43 Å². The summed E-state index contributed by atoms with van der Waals surface area (Å²) in [7, 11) is 0. The SMILES string of the molecule is C#CCC(NN)[C@@H]1C[C@H]1CC. The summed E-state index contributed by atoms with van der Waals surface area (Å²) in [5.41, 5.74) is 2.79. The van der Waals surface area contributed by atoms with Gasteiger partial charge in [-0.05, 0) is 18.3 Å². The largest absolute Gasteiger partial charge is 0.271 e. The molecule has 1 rings (SSSR count). The molecule has 2 heteroatoms. The van der Waals surface area contributed by atoms with E-state index in [4.69, 9.17) is 12.3 Å². The molecular formula is C9H16N2. The van der Waals surface area contributed by atoms with Gasteiger partial charge in [-0.15, -0.1) is 12.3 Å². The highest BCUT2D eigenvalue weighted by atomic mass is 15.2. The van der Waals surface area contributed by atoms with Crippen LogP contribution in [0, 0.1) is 24.2 Å². The van der Waals surface area contributed by atoms with E-state index in [1.54, 1.807) is 0 Å². The summed E-state index contributed by atoms with van der Waals surface area (Å²) >= 11 is 0. The van der Waals surface area contributed by atoms with Crippen LogP contribution in [0.25, 0.3) is 0 Å². The molecule has 3 atom stereocenters. The fraction of sp³-hybridized carbons (Fsp3) is 0.778. The molecule has 1 fully saturated rings. The highest BCUT2D eigenvalue weighted by Gasteiger charge is 2.40. The van der Waals surface area contributed by atoms with Crippen LogP contribution in [0.5, 0.6) is 0 Å². The Bertz CT molecular complexity index is 159. The number of hydrogen-bond acceptors (Lipinski definition) is 2. The maximum absolute atomic E-state index is 5.37. The fourth-order valence-electron chi connectivity index (χ4n) is 1.69. The highest BCUT2D eigenvalue weighted by Crippen LogP contribution is 2.43. The minimum absolute atomic E-state index is 0.352. The van der Waals surface area contributed by atoms with Crippen molar-refractivity contribution in [1.29, 1.82) is 0 Å². The van der Waals surface area contributed by atoms with E-state index in [-0.39, 0.29) is 0 Å². The Kier molecular flexibility index (Phi) is 2.92. The van der Waals surface area contributed by atoms with Crippen LogP contribution in [0.4, 0.5) is 0 Å². The van der Waals surface area contributed by atoms with Crippen molar-refractivity contribution in [3.63, 3.8) is 0 Å². The summed E-state index contributed by atoms with van der Waals surface area (Å²) in [6.07, 6.45) is 8.53. The van der Waals surface area contributed by atoms with E-state index in [1.807, 2.05) is 0 Å². The molecule has 0 spiro atoms. The molecule has 1 aliphatic rings. The van der Waals surface area contributed by atoms with E-state index >= 15 is 0 Å². The van der Waals surface area contributed by atoms with E-state index in [2.05, 4.69) is 18.3 Å². The Morgan fingerprint density at radius 3 is 2.91 bits per heavy atom. The second-order valence-electron chi connectivity index (χ2n) is 3.25. The molecule has 0 aromatic rings. The van der Waals surface area contributed by atoms with Gasteiger partial charge in [0.1, 0.15) is 0 Å². The first kappa shape index (κ1) is 8.58. The lowest BCUT2D eigenvalue weighted by atomic mass is 10.1. The van der Waals surface area contributed by atoms with Crippen LogP contribution < -0.4 is 11.3 Å². The normalized spacial score (nSPS) is 31.0. The quantitative estimate of drug-likeness (QED) is 0.356. The molecule has 62 valence electrons. The van der Waals surface area contributed by atoms with Crippen molar-refractivity contribution in [2.75, 3.05) is 0 Å². The first-order valence-electron chi connectivity index (χ1n) is 4.23. The number of nitrogens with two attached hydrogens (primary N) is 1. The summed E-state index contributed by atoms with van der Waals surface area (Å²) in [4.78, 5) is 0. The first-order valence-corrected chi connectivity index (χ1v) is 4.23. The zero-order valence-electron chi connectivity index (χ0n) is 7.01. The minimum Gasteiger partial charge on any atom is -0.271 e. The fourth-order valence-corrected chi connectivity index (χ4v) is 1.69. The third-order valence-corrected chi connectivity index (χ3v) is 2.57. The highest BCUT2D eigenvalue weighted by molar-refractivity contribution is 4.99. The zero-order valence-corrected chi connectivity index (χ0v) is 7.01. The lowest BCUT2D eigenvalue weighted by Gasteiger charge is -2.11. The number of hydrazine groups is 1. The van der Waals surface area contributed by atoms with Crippen molar-refractivity contribution < 1.29 is 0 Å². The molecule has 0 amide bonds. The topological polar surface area (TPSA) is 38.0 Å². The third-order valence-electron chi connectivity index (χ3n) is 2.57. The predicted molar refractivity (Wildman–Crippen MR) is 46.4 cm³/mol. The molecule has 0 heterocycles. The smallest absolute Gasteiger partial charge is 0.0350 e. The van der Waals surface area contributed by atoms with Crippen LogP contribution in [0.15, 0.2) is 0 Å². The van der Waals surface area contributed by atoms with Gasteiger partial charge < -0.3 is 0 Å². The van der Waals surface area contributed by atoms with Gasteiger partial charge in [0.15, 0.2) is 0 Å². The van der Waals surface area contributed by atoms with E-state index in [0.717, 1.165) is 18.3 Å². The Balaban J connectivity index is 2.29. The van der Waals surface area contributed by atoms with Crippen molar-refractivity contribution in [3.05, 3.63) is 0 Å². The van der Waals surface area contributed by atoms with Gasteiger partial charge >= 0.3 is 0 Å². The van der Waals surface area contributed by atoms with Crippen LogP contribution in [-0.4, -0.2) is 6.04 Å². The van der Waals surface area contributed by atoms with Gasteiger partial charge in [0.05, 0.1) is 0 Å². The van der Waals surface area contributed by atoms with Gasteiger partial charge in [-0.25, -0.2) is 0 Å². The van der Waals surface area contributed by atoms with Gasteiger partial charge in [0.2, 0.25) is 0 Å². The molecule has 0 saturated heterocycles. The van der Waals surface area contributed by atoms with Gasteiger partial charge in [-0.3, -0.25) is 11.3 Å². The molecular weight excluding hydrogens is 136 g/mol. The van der Waals surface area contributed by atoms with Gasteiger partial charge in [0, 0.05) is 12.5 Å². The Morgan fingerprint density at radius 1 is 1.82 bits per heavy atom. The van der Waals surface area contributed by atoms with Crippen LogP contribution in [0.2, 0.25) is 0 Å².